The van der Waals surface area contributed by atoms with Gasteiger partial charge in [-0.1, -0.05) is 19.4 Å². The van der Waals surface area contributed by atoms with Crippen molar-refractivity contribution in [3.8, 4) is 0 Å². The summed E-state index contributed by atoms with van der Waals surface area (Å²) < 4.78 is 59.5. The van der Waals surface area contributed by atoms with Crippen LogP contribution in [-0.2, 0) is 52.1 Å². The maximum Gasteiger partial charge on any atom is 0.338 e. The Morgan fingerprint density at radius 3 is 1.23 bits per heavy atom. The molecule has 0 heterocycles. The fraction of sp³-hybridized carbons (Fsp3) is 0.735. The van der Waals surface area contributed by atoms with Crippen molar-refractivity contribution in [2.45, 2.75) is 19.8 Å². The lowest BCUT2D eigenvalue weighted by Gasteiger charge is -2.09. The number of esters is 1. The van der Waals surface area contributed by atoms with Crippen LogP contribution >= 0.6 is 0 Å². The third-order valence-electron chi connectivity index (χ3n) is 6.02. The summed E-state index contributed by atoms with van der Waals surface area (Å²) in [7, 11) is 0. The summed E-state index contributed by atoms with van der Waals surface area (Å²) >= 11 is 0. The Morgan fingerprint density at radius 1 is 0.553 bits per heavy atom. The predicted molar refractivity (Wildman–Crippen MR) is 179 cm³/mol. The van der Waals surface area contributed by atoms with E-state index >= 15 is 0 Å². The van der Waals surface area contributed by atoms with E-state index in [0.29, 0.717) is 138 Å². The zero-order valence-electron chi connectivity index (χ0n) is 28.5. The van der Waals surface area contributed by atoms with E-state index in [0.717, 1.165) is 25.1 Å². The molecule has 0 unspecified atom stereocenters. The third kappa shape index (κ3) is 29.7. The van der Waals surface area contributed by atoms with Crippen molar-refractivity contribution in [1.29, 1.82) is 0 Å². The summed E-state index contributed by atoms with van der Waals surface area (Å²) in [5.41, 5.74) is 1.51. The van der Waals surface area contributed by atoms with E-state index in [4.69, 9.17) is 52.1 Å². The summed E-state index contributed by atoms with van der Waals surface area (Å²) in [5.74, 6) is -0.361. The van der Waals surface area contributed by atoms with Gasteiger partial charge in [0.1, 0.15) is 6.61 Å². The van der Waals surface area contributed by atoms with Crippen LogP contribution in [0.5, 0.6) is 0 Å². The van der Waals surface area contributed by atoms with Crippen molar-refractivity contribution < 1.29 is 56.9 Å². The fourth-order valence-corrected chi connectivity index (χ4v) is 3.56. The first-order chi connectivity index (χ1) is 23.3. The molecule has 0 amide bonds. The Hall–Kier alpha value is -2.17. The van der Waals surface area contributed by atoms with E-state index in [9.17, 15) is 4.79 Å². The number of hydrogen-bond donors (Lipinski definition) is 1. The van der Waals surface area contributed by atoms with Gasteiger partial charge in [-0.25, -0.2) is 4.79 Å². The Bertz CT molecular complexity index is 815. The van der Waals surface area contributed by atoms with Crippen LogP contribution in [0.15, 0.2) is 36.9 Å². The molecular formula is C34H59NO12. The number of benzene rings is 1. The summed E-state index contributed by atoms with van der Waals surface area (Å²) in [6.45, 7) is 16.7. The monoisotopic (exact) mass is 673 g/mol. The number of ether oxygens (including phenoxy) is 11. The van der Waals surface area contributed by atoms with Crippen molar-refractivity contribution in [2.75, 3.05) is 151 Å². The largest absolute Gasteiger partial charge is 0.460 e. The van der Waals surface area contributed by atoms with E-state index < -0.39 is 0 Å². The molecule has 272 valence electrons. The first-order valence-corrected chi connectivity index (χ1v) is 16.7. The van der Waals surface area contributed by atoms with Crippen molar-refractivity contribution in [3.63, 3.8) is 0 Å². The van der Waals surface area contributed by atoms with Gasteiger partial charge in [-0.2, -0.15) is 0 Å². The lowest BCUT2D eigenvalue weighted by Crippen LogP contribution is -2.15. The van der Waals surface area contributed by atoms with Crippen molar-refractivity contribution >= 4 is 11.7 Å². The molecule has 1 aromatic carbocycles. The molecule has 0 aliphatic heterocycles. The number of nitrogens with one attached hydrogen (secondary N) is 1. The van der Waals surface area contributed by atoms with E-state index in [2.05, 4.69) is 18.8 Å². The number of carbonyl (C=O) groups excluding carboxylic acids is 1. The van der Waals surface area contributed by atoms with Gasteiger partial charge in [-0.15, -0.1) is 6.58 Å². The van der Waals surface area contributed by atoms with Gasteiger partial charge in [0, 0.05) is 12.2 Å². The van der Waals surface area contributed by atoms with Crippen molar-refractivity contribution in [1.82, 2.24) is 0 Å². The second-order valence-electron chi connectivity index (χ2n) is 9.87. The summed E-state index contributed by atoms with van der Waals surface area (Å²) in [4.78, 5) is 12.1. The molecule has 0 aromatic heterocycles. The lowest BCUT2D eigenvalue weighted by molar-refractivity contribution is -0.0268. The summed E-state index contributed by atoms with van der Waals surface area (Å²) in [6, 6.07) is 7.29. The zero-order chi connectivity index (χ0) is 33.7. The molecule has 0 bridgehead atoms. The minimum Gasteiger partial charge on any atom is -0.460 e. The normalized spacial score (nSPS) is 11.2. The van der Waals surface area contributed by atoms with Gasteiger partial charge >= 0.3 is 5.97 Å². The van der Waals surface area contributed by atoms with Crippen LogP contribution in [0.25, 0.3) is 0 Å². The summed E-state index contributed by atoms with van der Waals surface area (Å²) in [5, 5.41) is 3.32. The lowest BCUT2D eigenvalue weighted by atomic mass is 10.2. The molecule has 13 nitrogen and oxygen atoms in total. The number of unbranched alkanes of at least 4 members (excludes halogenated alkanes) is 1. The second-order valence-corrected chi connectivity index (χ2v) is 9.87. The Morgan fingerprint density at radius 2 is 0.894 bits per heavy atom. The highest BCUT2D eigenvalue weighted by molar-refractivity contribution is 5.89. The average molecular weight is 674 g/mol. The highest BCUT2D eigenvalue weighted by atomic mass is 16.6. The van der Waals surface area contributed by atoms with E-state index in [1.54, 1.807) is 18.2 Å². The molecule has 1 rings (SSSR count). The average Bonchev–Trinajstić information content (AvgIpc) is 3.09. The van der Waals surface area contributed by atoms with Crippen LogP contribution < -0.4 is 5.32 Å². The first-order valence-electron chi connectivity index (χ1n) is 16.7. The van der Waals surface area contributed by atoms with Gasteiger partial charge in [-0.05, 0) is 30.7 Å². The van der Waals surface area contributed by atoms with Gasteiger partial charge in [0.15, 0.2) is 0 Å². The standard InChI is InChI=1S/C34H59NO12/c1-3-5-10-35-33-8-6-32(7-9-33)34(36)47-31-30-46-29-28-45-27-26-44-25-24-43-23-22-42-21-20-41-19-18-40-17-16-39-15-14-38-13-12-37-11-4-2/h4,6-9,35H,2-3,5,10-31H2,1H3. The van der Waals surface area contributed by atoms with Gasteiger partial charge < -0.3 is 57.4 Å². The van der Waals surface area contributed by atoms with E-state index in [-0.39, 0.29) is 12.6 Å². The van der Waals surface area contributed by atoms with Crippen molar-refractivity contribution in [3.05, 3.63) is 42.5 Å². The molecule has 0 spiro atoms. The highest BCUT2D eigenvalue weighted by Gasteiger charge is 2.06. The molecule has 47 heavy (non-hydrogen) atoms. The SMILES string of the molecule is C=CCOCCOCCOCCOCCOCCOCCOCCOCCOCCOCCOC(=O)c1ccc(NCCCC)cc1. The van der Waals surface area contributed by atoms with E-state index in [1.807, 2.05) is 12.1 Å². The van der Waals surface area contributed by atoms with Crippen molar-refractivity contribution in [2.24, 2.45) is 0 Å². The smallest absolute Gasteiger partial charge is 0.338 e. The second kappa shape index (κ2) is 35.1. The Balaban J connectivity index is 1.71. The van der Waals surface area contributed by atoms with Crippen LogP contribution in [0.1, 0.15) is 30.1 Å². The molecule has 0 aliphatic rings. The van der Waals surface area contributed by atoms with Crippen LogP contribution in [-0.4, -0.2) is 151 Å². The van der Waals surface area contributed by atoms with Gasteiger partial charge in [0.05, 0.1) is 138 Å². The number of anilines is 1. The molecule has 1 aromatic rings. The van der Waals surface area contributed by atoms with Crippen LogP contribution in [0.3, 0.4) is 0 Å². The molecule has 0 atom stereocenters. The molecule has 0 saturated carbocycles. The maximum atomic E-state index is 12.1. The Kier molecular flexibility index (Phi) is 32.0. The zero-order valence-corrected chi connectivity index (χ0v) is 28.5. The van der Waals surface area contributed by atoms with Gasteiger partial charge in [-0.3, -0.25) is 0 Å². The molecule has 13 heteroatoms. The van der Waals surface area contributed by atoms with Crippen LogP contribution in [0, 0.1) is 0 Å². The number of hydrogen-bond acceptors (Lipinski definition) is 13. The molecule has 1 N–H and O–H groups in total. The number of carbonyl (C=O) groups is 1. The van der Waals surface area contributed by atoms with Crippen LogP contribution in [0.2, 0.25) is 0 Å². The summed E-state index contributed by atoms with van der Waals surface area (Å²) in [6.07, 6.45) is 3.95. The third-order valence-corrected chi connectivity index (χ3v) is 6.02. The topological polar surface area (TPSA) is 131 Å². The van der Waals surface area contributed by atoms with Gasteiger partial charge in [0.2, 0.25) is 0 Å². The molecule has 0 radical (unpaired) electrons. The minimum absolute atomic E-state index is 0.191. The predicted octanol–water partition coefficient (Wildman–Crippen LogP) is 3.41. The molecular weight excluding hydrogens is 614 g/mol. The molecule has 0 aliphatic carbocycles. The minimum atomic E-state index is -0.361. The molecule has 0 saturated heterocycles. The van der Waals surface area contributed by atoms with Crippen LogP contribution in [0.4, 0.5) is 5.69 Å². The Labute approximate surface area is 281 Å². The fourth-order valence-electron chi connectivity index (χ4n) is 3.56. The maximum absolute atomic E-state index is 12.1. The van der Waals surface area contributed by atoms with Gasteiger partial charge in [0.25, 0.3) is 0 Å². The highest BCUT2D eigenvalue weighted by Crippen LogP contribution is 2.10. The first kappa shape index (κ1) is 42.9. The number of rotatable bonds is 37. The quantitative estimate of drug-likeness (QED) is 0.0630. The van der Waals surface area contributed by atoms with E-state index in [1.165, 1.54) is 0 Å². The molecule has 0 fully saturated rings.